The van der Waals surface area contributed by atoms with Gasteiger partial charge in [0.2, 0.25) is 5.91 Å². The Labute approximate surface area is 699 Å². The second-order valence-corrected chi connectivity index (χ2v) is 30.3. The first-order valence-corrected chi connectivity index (χ1v) is 40.6. The van der Waals surface area contributed by atoms with Crippen LogP contribution < -0.4 is 62.7 Å². The van der Waals surface area contributed by atoms with Crippen LogP contribution in [0.2, 0.25) is 0 Å². The predicted octanol–water partition coefficient (Wildman–Crippen LogP) is 9.32. The van der Waals surface area contributed by atoms with E-state index in [4.69, 9.17) is 41.4 Å². The summed E-state index contributed by atoms with van der Waals surface area (Å²) in [5.41, 5.74) is 0.913. The molecule has 4 aromatic heterocycles. The number of anilines is 1. The molecule has 0 spiro atoms. The van der Waals surface area contributed by atoms with Gasteiger partial charge in [0.25, 0.3) is 17.7 Å². The predicted molar refractivity (Wildman–Crippen MR) is 461 cm³/mol. The number of rotatable bonds is 20. The number of piperazine rings is 2. The van der Waals surface area contributed by atoms with Crippen molar-refractivity contribution < 1.29 is 79.7 Å². The quantitative estimate of drug-likeness (QED) is 0.0239. The lowest BCUT2D eigenvalue weighted by Gasteiger charge is -2.32. The van der Waals surface area contributed by atoms with Crippen LogP contribution in [-0.2, 0) is 28.7 Å². The number of carbonyl (C=O) groups excluding carboxylic acids is 8. The van der Waals surface area contributed by atoms with Crippen LogP contribution in [0.5, 0.6) is 23.0 Å². The lowest BCUT2D eigenvalue weighted by molar-refractivity contribution is -0.132. The molecule has 4 amide bonds. The molecule has 8 heterocycles. The highest BCUT2D eigenvalue weighted by atomic mass is 16.5. The second kappa shape index (κ2) is 40.5. The van der Waals surface area contributed by atoms with Gasteiger partial charge in [0.1, 0.15) is 45.3 Å². The lowest BCUT2D eigenvalue weighted by atomic mass is 10.0. The average Bonchev–Trinajstić information content (AvgIpc) is 0.780. The number of nitrogens with zero attached hydrogens (tertiary/aromatic N) is 6. The molecule has 31 heteroatoms. The number of morpholine rings is 1. The van der Waals surface area contributed by atoms with Crippen LogP contribution >= 0.6 is 0 Å². The number of carbonyl (C=O) groups is 8. The molecule has 4 fully saturated rings. The summed E-state index contributed by atoms with van der Waals surface area (Å²) in [6.07, 6.45) is 4.10. The number of nitrogens with one attached hydrogen (secondary N) is 4. The van der Waals surface area contributed by atoms with Gasteiger partial charge in [-0.3, -0.25) is 48.2 Å². The molecule has 31 nitrogen and oxygen atoms in total. The molecular weight excluding hydrogens is 1570 g/mol. The molecule has 122 heavy (non-hydrogen) atoms. The average molecular weight is 1670 g/mol. The maximum Gasteiger partial charge on any atom is 0.344 e. The van der Waals surface area contributed by atoms with Gasteiger partial charge in [-0.2, -0.15) is 0 Å². The second-order valence-electron chi connectivity index (χ2n) is 30.3. The van der Waals surface area contributed by atoms with Gasteiger partial charge in [0.05, 0.1) is 34.8 Å². The maximum atomic E-state index is 12.6. The van der Waals surface area contributed by atoms with Gasteiger partial charge < -0.3 is 82.2 Å². The number of fused-ring (bicyclic) bond motifs is 12. The van der Waals surface area contributed by atoms with E-state index < -0.39 is 46.4 Å². The molecule has 0 saturated carbocycles. The molecule has 4 saturated heterocycles. The van der Waals surface area contributed by atoms with E-state index in [0.717, 1.165) is 104 Å². The van der Waals surface area contributed by atoms with Gasteiger partial charge in [0, 0.05) is 219 Å². The van der Waals surface area contributed by atoms with Gasteiger partial charge in [-0.25, -0.2) is 19.2 Å². The Balaban J connectivity index is 0.000000140. The standard InChI is InChI=1S/2C23H25N3O5.C23H24N2O5.C22H22N2O6/c1-15(27)30-17-4-6-19-18-5-3-16(13-20(18)23(29)31-21(19)14-17)22(28)24-7-8-26-11-9-25(2)10-12-26;1-15(27)30-17-4-6-19-18-5-3-16(13-20(18)23(29)31-21(19)14-17)24-22(28)7-8-26-11-9-25(2)10-12-26;1-15(26)29-17-6-8-19-18-7-5-16(13-20(18)23(28)30-21(19)14-17)22(27)24-9-12-25-10-3-2-4-11-25;1-14(25)29-16-3-5-18-17-4-2-15(12-19(17)22(27)30-20(18)13-16)21(26)23-6-7-24-8-10-28-11-9-24/h2*3-6,13-14H,7-12H2,1-2H3,(H,24,28);5-8,13-14H,2-4,9-12H2,1H3,(H,24,27);2-5,12-13H,6-11H2,1H3,(H,23,26). The SMILES string of the molecule is CC(=O)Oc1ccc2c(c1)oc(=O)c1cc(C(=O)NCCN3CCCCC3)ccc12.CC(=O)Oc1ccc2c(c1)oc(=O)c1cc(C(=O)NCCN3CCN(C)CC3)ccc12.CC(=O)Oc1ccc2c(c1)oc(=O)c1cc(C(=O)NCCN3CCOCC3)ccc12.CC(=O)Oc1ccc2c(c1)oc(=O)c1cc(NC(=O)CCN3CCN(C)CC3)ccc12. The molecule has 0 unspecified atom stereocenters. The third kappa shape index (κ3) is 22.8. The summed E-state index contributed by atoms with van der Waals surface area (Å²) in [6.45, 7) is 23.3. The number of likely N-dealkylation sites (tertiary alicyclic amines) is 1. The number of benzene rings is 8. The Morgan fingerprint density at radius 3 is 0.951 bits per heavy atom. The molecular formula is C91H96N10O21. The van der Waals surface area contributed by atoms with Crippen molar-refractivity contribution in [2.75, 3.05) is 157 Å². The van der Waals surface area contributed by atoms with Crippen molar-refractivity contribution in [3.63, 3.8) is 0 Å². The summed E-state index contributed by atoms with van der Waals surface area (Å²) in [5, 5.41) is 18.6. The first-order chi connectivity index (χ1) is 58.8. The smallest absolute Gasteiger partial charge is 0.344 e. The summed E-state index contributed by atoms with van der Waals surface area (Å²) >= 11 is 0. The largest absolute Gasteiger partial charge is 0.427 e. The van der Waals surface area contributed by atoms with Crippen molar-refractivity contribution in [3.05, 3.63) is 204 Å². The van der Waals surface area contributed by atoms with Crippen LogP contribution in [0.15, 0.2) is 182 Å². The Bertz CT molecular complexity index is 6030. The number of esters is 4. The molecule has 4 N–H and O–H groups in total. The number of piperidine rings is 1. The third-order valence-corrected chi connectivity index (χ3v) is 21.4. The zero-order valence-corrected chi connectivity index (χ0v) is 68.8. The van der Waals surface area contributed by atoms with E-state index in [9.17, 15) is 57.5 Å². The number of hydrogen-bond acceptors (Lipinski definition) is 27. The maximum absolute atomic E-state index is 12.6. The fourth-order valence-corrected chi connectivity index (χ4v) is 15.0. The van der Waals surface area contributed by atoms with Gasteiger partial charge >= 0.3 is 46.4 Å². The molecule has 0 atom stereocenters. The van der Waals surface area contributed by atoms with Crippen molar-refractivity contribution >= 4 is 140 Å². The highest BCUT2D eigenvalue weighted by molar-refractivity contribution is 6.11. The van der Waals surface area contributed by atoms with Crippen LogP contribution in [0.4, 0.5) is 5.69 Å². The Morgan fingerprint density at radius 2 is 0.615 bits per heavy atom. The number of ether oxygens (including phenoxy) is 5. The van der Waals surface area contributed by atoms with Gasteiger partial charge in [-0.15, -0.1) is 0 Å². The molecule has 16 rings (SSSR count). The van der Waals surface area contributed by atoms with Crippen molar-refractivity contribution in [3.8, 4) is 23.0 Å². The van der Waals surface area contributed by atoms with Gasteiger partial charge in [0.15, 0.2) is 0 Å². The fourth-order valence-electron chi connectivity index (χ4n) is 15.0. The zero-order valence-electron chi connectivity index (χ0n) is 68.8. The minimum Gasteiger partial charge on any atom is -0.427 e. The number of likely N-dealkylation sites (N-methyl/N-ethyl adjacent to an activating group) is 2. The van der Waals surface area contributed by atoms with Crippen molar-refractivity contribution in [2.24, 2.45) is 0 Å². The monoisotopic (exact) mass is 1660 g/mol. The third-order valence-electron chi connectivity index (χ3n) is 21.4. The van der Waals surface area contributed by atoms with Crippen molar-refractivity contribution in [1.29, 1.82) is 0 Å². The van der Waals surface area contributed by atoms with E-state index in [2.05, 4.69) is 64.8 Å². The summed E-state index contributed by atoms with van der Waals surface area (Å²) in [6, 6.07) is 39.7. The lowest BCUT2D eigenvalue weighted by Crippen LogP contribution is -2.46. The Hall–Kier alpha value is -12.9. The van der Waals surface area contributed by atoms with Crippen LogP contribution in [0.3, 0.4) is 0 Å². The summed E-state index contributed by atoms with van der Waals surface area (Å²) < 4.78 is 47.1. The highest BCUT2D eigenvalue weighted by Crippen LogP contribution is 2.33. The van der Waals surface area contributed by atoms with Gasteiger partial charge in [-0.05, 0) is 153 Å². The van der Waals surface area contributed by atoms with Crippen LogP contribution in [0.1, 0.15) is 84.5 Å². The Kier molecular flexibility index (Phi) is 28.8. The minimum atomic E-state index is -0.555. The molecule has 636 valence electrons. The minimum absolute atomic E-state index is 0.0884. The van der Waals surface area contributed by atoms with Gasteiger partial charge in [-0.1, -0.05) is 30.7 Å². The van der Waals surface area contributed by atoms with Crippen molar-refractivity contribution in [1.82, 2.24) is 45.3 Å². The first-order valence-electron chi connectivity index (χ1n) is 40.6. The molecule has 4 aliphatic heterocycles. The fraction of sp³-hybridized carbons (Fsp3) is 0.341. The van der Waals surface area contributed by atoms with E-state index in [1.807, 2.05) is 0 Å². The number of hydrogen-bond donors (Lipinski definition) is 4. The van der Waals surface area contributed by atoms with E-state index in [0.29, 0.717) is 173 Å². The van der Waals surface area contributed by atoms with Crippen molar-refractivity contribution in [2.45, 2.75) is 53.4 Å². The molecule has 0 bridgehead atoms. The van der Waals surface area contributed by atoms with E-state index in [-0.39, 0.29) is 23.6 Å². The molecule has 4 aliphatic rings. The van der Waals surface area contributed by atoms with Crippen LogP contribution in [-0.4, -0.2) is 229 Å². The molecule has 0 aliphatic carbocycles. The van der Waals surface area contributed by atoms with Crippen LogP contribution in [0.25, 0.3) is 87.0 Å². The summed E-state index contributed by atoms with van der Waals surface area (Å²) in [5.74, 6) is -1.35. The van der Waals surface area contributed by atoms with E-state index in [1.165, 1.54) is 71.2 Å². The molecule has 8 aromatic carbocycles. The first kappa shape index (κ1) is 87.0. The van der Waals surface area contributed by atoms with E-state index in [1.54, 1.807) is 121 Å². The summed E-state index contributed by atoms with van der Waals surface area (Å²) in [4.78, 5) is 158. The molecule has 0 radical (unpaired) electrons. The number of amides is 4. The van der Waals surface area contributed by atoms with E-state index >= 15 is 0 Å². The zero-order chi connectivity index (χ0) is 86.1. The van der Waals surface area contributed by atoms with Crippen LogP contribution in [0, 0.1) is 0 Å². The topological polar surface area (TPSA) is 371 Å². The Morgan fingerprint density at radius 1 is 0.320 bits per heavy atom. The normalized spacial score (nSPS) is 15.0. The molecule has 12 aromatic rings. The highest BCUT2D eigenvalue weighted by Gasteiger charge is 2.22. The summed E-state index contributed by atoms with van der Waals surface area (Å²) in [7, 11) is 4.21.